The van der Waals surface area contributed by atoms with Gasteiger partial charge in [0.1, 0.15) is 5.69 Å². The zero-order valence-corrected chi connectivity index (χ0v) is 12.1. The molecule has 0 atom stereocenters. The number of nitrogens with two attached hydrogens (primary N) is 1. The van der Waals surface area contributed by atoms with Gasteiger partial charge in [0.25, 0.3) is 5.69 Å². The Kier molecular flexibility index (Phi) is 6.41. The fourth-order valence-electron chi connectivity index (χ4n) is 2.43. The zero-order valence-electron chi connectivity index (χ0n) is 12.1. The third-order valence-electron chi connectivity index (χ3n) is 3.52. The Morgan fingerprint density at radius 1 is 1.40 bits per heavy atom. The van der Waals surface area contributed by atoms with Gasteiger partial charge in [-0.3, -0.25) is 15.0 Å². The lowest BCUT2D eigenvalue weighted by molar-refractivity contribution is -0.383. The first kappa shape index (κ1) is 16.4. The SMILES string of the molecule is CCC(CC)N(CCO)Cc1ccc([N+](=O)[O-])c(N)c1. The van der Waals surface area contributed by atoms with Crippen molar-refractivity contribution in [2.45, 2.75) is 39.3 Å². The van der Waals surface area contributed by atoms with Gasteiger partial charge in [-0.15, -0.1) is 0 Å². The number of aliphatic hydroxyl groups excluding tert-OH is 1. The van der Waals surface area contributed by atoms with E-state index in [9.17, 15) is 15.2 Å². The van der Waals surface area contributed by atoms with Gasteiger partial charge in [0, 0.05) is 25.2 Å². The van der Waals surface area contributed by atoms with E-state index < -0.39 is 4.92 Å². The van der Waals surface area contributed by atoms with Crippen molar-refractivity contribution in [3.63, 3.8) is 0 Å². The molecule has 0 saturated carbocycles. The van der Waals surface area contributed by atoms with Crippen LogP contribution in [0.4, 0.5) is 11.4 Å². The smallest absolute Gasteiger partial charge is 0.292 e. The molecule has 3 N–H and O–H groups in total. The predicted octanol–water partition coefficient (Wildman–Crippen LogP) is 2.16. The monoisotopic (exact) mass is 281 g/mol. The van der Waals surface area contributed by atoms with E-state index in [0.29, 0.717) is 19.1 Å². The summed E-state index contributed by atoms with van der Waals surface area (Å²) >= 11 is 0. The van der Waals surface area contributed by atoms with Crippen LogP contribution in [-0.2, 0) is 6.54 Å². The van der Waals surface area contributed by atoms with Crippen LogP contribution in [0.1, 0.15) is 32.3 Å². The third-order valence-corrected chi connectivity index (χ3v) is 3.52. The highest BCUT2D eigenvalue weighted by atomic mass is 16.6. The summed E-state index contributed by atoms with van der Waals surface area (Å²) in [6, 6.07) is 5.19. The summed E-state index contributed by atoms with van der Waals surface area (Å²) in [6.07, 6.45) is 2.00. The molecule has 0 bridgehead atoms. The summed E-state index contributed by atoms with van der Waals surface area (Å²) in [5.41, 5.74) is 6.74. The normalized spacial score (nSPS) is 11.2. The average Bonchev–Trinajstić information content (AvgIpc) is 2.40. The molecule has 1 rings (SSSR count). The van der Waals surface area contributed by atoms with Crippen LogP contribution >= 0.6 is 0 Å². The molecule has 0 spiro atoms. The number of hydrogen-bond acceptors (Lipinski definition) is 5. The second-order valence-electron chi connectivity index (χ2n) is 4.81. The predicted molar refractivity (Wildman–Crippen MR) is 79.4 cm³/mol. The summed E-state index contributed by atoms with van der Waals surface area (Å²) in [4.78, 5) is 12.4. The molecule has 112 valence electrons. The minimum Gasteiger partial charge on any atom is -0.395 e. The lowest BCUT2D eigenvalue weighted by Crippen LogP contribution is -2.36. The van der Waals surface area contributed by atoms with Gasteiger partial charge < -0.3 is 10.8 Å². The number of nitro benzene ring substituents is 1. The van der Waals surface area contributed by atoms with Gasteiger partial charge >= 0.3 is 0 Å². The first-order valence-electron chi connectivity index (χ1n) is 6.91. The molecule has 6 nitrogen and oxygen atoms in total. The number of rotatable bonds is 8. The molecule has 0 unspecified atom stereocenters. The van der Waals surface area contributed by atoms with Crippen LogP contribution in [0.25, 0.3) is 0 Å². The summed E-state index contributed by atoms with van der Waals surface area (Å²) < 4.78 is 0. The number of anilines is 1. The topological polar surface area (TPSA) is 92.6 Å². The molecule has 0 radical (unpaired) electrons. The lowest BCUT2D eigenvalue weighted by atomic mass is 10.1. The summed E-state index contributed by atoms with van der Waals surface area (Å²) in [7, 11) is 0. The van der Waals surface area contributed by atoms with E-state index in [2.05, 4.69) is 18.7 Å². The Balaban J connectivity index is 2.88. The van der Waals surface area contributed by atoms with Crippen molar-refractivity contribution >= 4 is 11.4 Å². The Morgan fingerprint density at radius 2 is 2.05 bits per heavy atom. The largest absolute Gasteiger partial charge is 0.395 e. The van der Waals surface area contributed by atoms with Crippen LogP contribution in [0.5, 0.6) is 0 Å². The van der Waals surface area contributed by atoms with Gasteiger partial charge in [-0.2, -0.15) is 0 Å². The quantitative estimate of drug-likeness (QED) is 0.433. The third kappa shape index (κ3) is 4.18. The average molecular weight is 281 g/mol. The minimum atomic E-state index is -0.481. The van der Waals surface area contributed by atoms with Gasteiger partial charge in [-0.05, 0) is 24.5 Å². The second-order valence-corrected chi connectivity index (χ2v) is 4.81. The molecule has 0 aliphatic carbocycles. The van der Waals surface area contributed by atoms with Gasteiger partial charge in [-0.1, -0.05) is 19.9 Å². The van der Waals surface area contributed by atoms with Crippen LogP contribution in [0, 0.1) is 10.1 Å². The van der Waals surface area contributed by atoms with Crippen LogP contribution in [0.3, 0.4) is 0 Å². The van der Waals surface area contributed by atoms with E-state index in [0.717, 1.165) is 18.4 Å². The molecule has 0 aliphatic rings. The Morgan fingerprint density at radius 3 is 2.50 bits per heavy atom. The van der Waals surface area contributed by atoms with Crippen LogP contribution in [-0.4, -0.2) is 34.1 Å². The van der Waals surface area contributed by atoms with Crippen molar-refractivity contribution in [2.24, 2.45) is 0 Å². The van der Waals surface area contributed by atoms with Crippen LogP contribution < -0.4 is 5.73 Å². The molecule has 0 saturated heterocycles. The molecular weight excluding hydrogens is 258 g/mol. The fourth-order valence-corrected chi connectivity index (χ4v) is 2.43. The highest BCUT2D eigenvalue weighted by molar-refractivity contribution is 5.59. The number of aliphatic hydroxyl groups is 1. The maximum Gasteiger partial charge on any atom is 0.292 e. The minimum absolute atomic E-state index is 0.0648. The molecule has 0 aromatic heterocycles. The maximum atomic E-state index is 10.7. The number of nitro groups is 1. The number of benzene rings is 1. The molecular formula is C14H23N3O3. The van der Waals surface area contributed by atoms with Crippen molar-refractivity contribution in [1.29, 1.82) is 0 Å². The first-order chi connectivity index (χ1) is 9.53. The zero-order chi connectivity index (χ0) is 15.1. The fraction of sp³-hybridized carbons (Fsp3) is 0.571. The summed E-state index contributed by atoms with van der Waals surface area (Å²) in [6.45, 7) is 5.54. The molecule has 20 heavy (non-hydrogen) atoms. The Hall–Kier alpha value is -1.66. The van der Waals surface area contributed by atoms with Crippen molar-refractivity contribution < 1.29 is 10.0 Å². The molecule has 0 fully saturated rings. The van der Waals surface area contributed by atoms with Crippen molar-refractivity contribution in [3.8, 4) is 0 Å². The van der Waals surface area contributed by atoms with Gasteiger partial charge in [-0.25, -0.2) is 0 Å². The Bertz CT molecular complexity index is 447. The number of nitrogen functional groups attached to an aromatic ring is 1. The van der Waals surface area contributed by atoms with E-state index in [-0.39, 0.29) is 18.0 Å². The van der Waals surface area contributed by atoms with E-state index >= 15 is 0 Å². The maximum absolute atomic E-state index is 10.7. The molecule has 1 aromatic rings. The van der Waals surface area contributed by atoms with Crippen molar-refractivity contribution in [3.05, 3.63) is 33.9 Å². The van der Waals surface area contributed by atoms with Gasteiger partial charge in [0.05, 0.1) is 11.5 Å². The van der Waals surface area contributed by atoms with Crippen molar-refractivity contribution in [2.75, 3.05) is 18.9 Å². The van der Waals surface area contributed by atoms with E-state index in [1.165, 1.54) is 6.07 Å². The standard InChI is InChI=1S/C14H23N3O3/c1-3-12(4-2)16(7-8-18)10-11-5-6-14(17(19)20)13(15)9-11/h5-6,9,12,18H,3-4,7-8,10,15H2,1-2H3. The highest BCUT2D eigenvalue weighted by Gasteiger charge is 2.17. The van der Waals surface area contributed by atoms with E-state index in [1.54, 1.807) is 12.1 Å². The lowest BCUT2D eigenvalue weighted by Gasteiger charge is -2.29. The van der Waals surface area contributed by atoms with Crippen molar-refractivity contribution in [1.82, 2.24) is 4.90 Å². The van der Waals surface area contributed by atoms with Crippen LogP contribution in [0.15, 0.2) is 18.2 Å². The molecule has 0 aliphatic heterocycles. The molecule has 6 heteroatoms. The summed E-state index contributed by atoms with van der Waals surface area (Å²) in [5, 5.41) is 19.9. The Labute approximate surface area is 119 Å². The number of hydrogen-bond donors (Lipinski definition) is 2. The molecule has 1 aromatic carbocycles. The van der Waals surface area contributed by atoms with Crippen LogP contribution in [0.2, 0.25) is 0 Å². The van der Waals surface area contributed by atoms with E-state index in [1.807, 2.05) is 0 Å². The molecule has 0 amide bonds. The van der Waals surface area contributed by atoms with E-state index in [4.69, 9.17) is 5.73 Å². The molecule has 0 heterocycles. The number of nitrogens with zero attached hydrogens (tertiary/aromatic N) is 2. The second kappa shape index (κ2) is 7.81. The summed E-state index contributed by atoms with van der Waals surface area (Å²) in [5.74, 6) is 0. The van der Waals surface area contributed by atoms with Gasteiger partial charge in [0.15, 0.2) is 0 Å². The van der Waals surface area contributed by atoms with Gasteiger partial charge in [0.2, 0.25) is 0 Å². The first-order valence-corrected chi connectivity index (χ1v) is 6.91. The highest BCUT2D eigenvalue weighted by Crippen LogP contribution is 2.23.